The van der Waals surface area contributed by atoms with Crippen molar-refractivity contribution in [3.8, 4) is 0 Å². The van der Waals surface area contributed by atoms with Crippen LogP contribution in [0.25, 0.3) is 0 Å². The summed E-state index contributed by atoms with van der Waals surface area (Å²) in [6.07, 6.45) is -1.88. The third kappa shape index (κ3) is 1.98. The predicted octanol–water partition coefficient (Wildman–Crippen LogP) is -1.62. The molecule has 21 heavy (non-hydrogen) atoms. The van der Waals surface area contributed by atoms with Gasteiger partial charge in [0.2, 0.25) is 0 Å². The second kappa shape index (κ2) is 4.77. The molecule has 4 N–H and O–H groups in total. The molecule has 3 rings (SSSR count). The minimum Gasteiger partial charge on any atom is -0.390 e. The third-order valence-electron chi connectivity index (χ3n) is 4.49. The van der Waals surface area contributed by atoms with E-state index in [0.29, 0.717) is 19.3 Å². The quantitative estimate of drug-likeness (QED) is 0.494. The number of aromatic nitrogens is 2. The maximum atomic E-state index is 11.9. The van der Waals surface area contributed by atoms with Crippen LogP contribution < -0.4 is 11.2 Å². The van der Waals surface area contributed by atoms with Crippen molar-refractivity contribution in [1.82, 2.24) is 9.55 Å². The van der Waals surface area contributed by atoms with Gasteiger partial charge in [0.05, 0.1) is 6.10 Å². The summed E-state index contributed by atoms with van der Waals surface area (Å²) in [5.74, 6) is 0. The second-order valence-electron chi connectivity index (χ2n) is 5.79. The fourth-order valence-corrected chi connectivity index (χ4v) is 3.27. The van der Waals surface area contributed by atoms with Crippen molar-refractivity contribution < 1.29 is 20.1 Å². The van der Waals surface area contributed by atoms with E-state index in [1.807, 2.05) is 0 Å². The number of hydrogen-bond donors (Lipinski definition) is 4. The predicted molar refractivity (Wildman–Crippen MR) is 70.8 cm³/mol. The Balaban J connectivity index is 2.03. The zero-order valence-corrected chi connectivity index (χ0v) is 11.5. The van der Waals surface area contributed by atoms with Gasteiger partial charge in [0.25, 0.3) is 5.56 Å². The van der Waals surface area contributed by atoms with E-state index in [-0.39, 0.29) is 5.56 Å². The van der Waals surface area contributed by atoms with Crippen molar-refractivity contribution >= 4 is 0 Å². The standard InChI is InChI=1S/C13H18N2O6/c1-6-5-15(12(20)14-10(6)19)11-8(17)9(18)13(21-11)4-2-3-7(13)16/h5,7-9,11,16-18H,2-4H2,1H3,(H,14,19,20)/t7-,8?,9?,11?,13?/m0/s1. The summed E-state index contributed by atoms with van der Waals surface area (Å²) in [6, 6.07) is 0. The van der Waals surface area contributed by atoms with Gasteiger partial charge in [0.1, 0.15) is 17.8 Å². The molecule has 2 fully saturated rings. The summed E-state index contributed by atoms with van der Waals surface area (Å²) in [5.41, 5.74) is -2.22. The molecule has 2 heterocycles. The summed E-state index contributed by atoms with van der Waals surface area (Å²) in [4.78, 5) is 25.4. The molecule has 0 radical (unpaired) electrons. The van der Waals surface area contributed by atoms with Crippen molar-refractivity contribution in [2.75, 3.05) is 0 Å². The molecule has 4 unspecified atom stereocenters. The molecule has 2 aliphatic rings. The molecule has 1 aliphatic carbocycles. The van der Waals surface area contributed by atoms with Gasteiger partial charge in [-0.2, -0.15) is 0 Å². The molecular formula is C13H18N2O6. The van der Waals surface area contributed by atoms with Crippen LogP contribution in [0.1, 0.15) is 31.1 Å². The average Bonchev–Trinajstić information content (AvgIpc) is 2.91. The first-order valence-electron chi connectivity index (χ1n) is 6.91. The Morgan fingerprint density at radius 3 is 2.71 bits per heavy atom. The molecule has 1 aliphatic heterocycles. The van der Waals surface area contributed by atoms with E-state index in [1.165, 1.54) is 13.1 Å². The molecule has 8 nitrogen and oxygen atoms in total. The number of ether oxygens (including phenoxy) is 1. The lowest BCUT2D eigenvalue weighted by Gasteiger charge is -2.30. The van der Waals surface area contributed by atoms with Gasteiger partial charge in [-0.3, -0.25) is 14.3 Å². The smallest absolute Gasteiger partial charge is 0.330 e. The Labute approximate surface area is 119 Å². The third-order valence-corrected chi connectivity index (χ3v) is 4.49. The van der Waals surface area contributed by atoms with Crippen LogP contribution in [0.3, 0.4) is 0 Å². The van der Waals surface area contributed by atoms with Crippen LogP contribution in [0.4, 0.5) is 0 Å². The molecule has 116 valence electrons. The van der Waals surface area contributed by atoms with Gasteiger partial charge in [0, 0.05) is 11.8 Å². The summed E-state index contributed by atoms with van der Waals surface area (Å²) >= 11 is 0. The minimum atomic E-state index is -1.36. The van der Waals surface area contributed by atoms with Crippen molar-refractivity contribution in [3.63, 3.8) is 0 Å². The van der Waals surface area contributed by atoms with Gasteiger partial charge in [-0.25, -0.2) is 4.79 Å². The van der Waals surface area contributed by atoms with E-state index >= 15 is 0 Å². The minimum absolute atomic E-state index is 0.285. The lowest BCUT2D eigenvalue weighted by molar-refractivity contribution is -0.149. The van der Waals surface area contributed by atoms with Crippen LogP contribution in [-0.2, 0) is 4.74 Å². The van der Waals surface area contributed by atoms with Crippen molar-refractivity contribution in [2.45, 2.75) is 56.3 Å². The topological polar surface area (TPSA) is 125 Å². The second-order valence-corrected chi connectivity index (χ2v) is 5.79. The van der Waals surface area contributed by atoms with Crippen LogP contribution in [0.2, 0.25) is 0 Å². The van der Waals surface area contributed by atoms with Gasteiger partial charge in [0.15, 0.2) is 6.23 Å². The van der Waals surface area contributed by atoms with Gasteiger partial charge >= 0.3 is 5.69 Å². The van der Waals surface area contributed by atoms with E-state index in [1.54, 1.807) is 0 Å². The molecule has 1 aromatic heterocycles. The van der Waals surface area contributed by atoms with E-state index in [0.717, 1.165) is 4.57 Å². The van der Waals surface area contributed by atoms with E-state index < -0.39 is 41.4 Å². The number of nitrogens with zero attached hydrogens (tertiary/aromatic N) is 1. The number of hydrogen-bond acceptors (Lipinski definition) is 6. The van der Waals surface area contributed by atoms with Crippen molar-refractivity contribution in [2.24, 2.45) is 0 Å². The summed E-state index contributed by atoms with van der Waals surface area (Å²) in [7, 11) is 0. The van der Waals surface area contributed by atoms with Crippen molar-refractivity contribution in [1.29, 1.82) is 0 Å². The zero-order chi connectivity index (χ0) is 15.4. The molecule has 1 aromatic rings. The molecule has 8 heteroatoms. The number of rotatable bonds is 1. The highest BCUT2D eigenvalue weighted by atomic mass is 16.6. The Hall–Kier alpha value is -1.48. The lowest BCUT2D eigenvalue weighted by atomic mass is 9.91. The molecule has 0 amide bonds. The number of aryl methyl sites for hydroxylation is 1. The zero-order valence-electron chi connectivity index (χ0n) is 11.5. The monoisotopic (exact) mass is 298 g/mol. The van der Waals surface area contributed by atoms with Gasteiger partial charge in [-0.15, -0.1) is 0 Å². The van der Waals surface area contributed by atoms with Crippen LogP contribution in [0.15, 0.2) is 15.8 Å². The molecule has 5 atom stereocenters. The van der Waals surface area contributed by atoms with Gasteiger partial charge < -0.3 is 20.1 Å². The van der Waals surface area contributed by atoms with Crippen LogP contribution in [0.5, 0.6) is 0 Å². The van der Waals surface area contributed by atoms with Crippen LogP contribution in [0, 0.1) is 6.92 Å². The normalized spacial score (nSPS) is 39.2. The SMILES string of the molecule is Cc1cn(C2OC3(CCC[C@@H]3O)C(O)C2O)c(=O)[nH]c1=O. The van der Waals surface area contributed by atoms with Gasteiger partial charge in [-0.05, 0) is 26.2 Å². The van der Waals surface area contributed by atoms with E-state index in [4.69, 9.17) is 4.74 Å². The molecular weight excluding hydrogens is 280 g/mol. The molecule has 0 bridgehead atoms. The number of aliphatic hydroxyl groups is 3. The fourth-order valence-electron chi connectivity index (χ4n) is 3.27. The molecule has 1 saturated carbocycles. The molecule has 1 saturated heterocycles. The highest BCUT2D eigenvalue weighted by Crippen LogP contribution is 2.46. The maximum absolute atomic E-state index is 11.9. The first-order valence-corrected chi connectivity index (χ1v) is 6.91. The summed E-state index contributed by atoms with van der Waals surface area (Å²) in [5, 5.41) is 30.5. The maximum Gasteiger partial charge on any atom is 0.330 e. The largest absolute Gasteiger partial charge is 0.390 e. The highest BCUT2D eigenvalue weighted by Gasteiger charge is 2.60. The molecule has 0 aromatic carbocycles. The average molecular weight is 298 g/mol. The van der Waals surface area contributed by atoms with E-state index in [2.05, 4.69) is 4.98 Å². The summed E-state index contributed by atoms with van der Waals surface area (Å²) < 4.78 is 6.75. The van der Waals surface area contributed by atoms with Crippen LogP contribution in [-0.4, -0.2) is 48.8 Å². The first kappa shape index (κ1) is 14.5. The number of H-pyrrole nitrogens is 1. The van der Waals surface area contributed by atoms with Gasteiger partial charge in [-0.1, -0.05) is 0 Å². The van der Waals surface area contributed by atoms with E-state index in [9.17, 15) is 24.9 Å². The Morgan fingerprint density at radius 1 is 1.38 bits per heavy atom. The fraction of sp³-hybridized carbons (Fsp3) is 0.692. The highest BCUT2D eigenvalue weighted by molar-refractivity contribution is 5.10. The number of aliphatic hydroxyl groups excluding tert-OH is 3. The van der Waals surface area contributed by atoms with Crippen molar-refractivity contribution in [3.05, 3.63) is 32.6 Å². The Bertz CT molecular complexity index is 667. The van der Waals surface area contributed by atoms with Crippen LogP contribution >= 0.6 is 0 Å². The Morgan fingerprint density at radius 2 is 2.10 bits per heavy atom. The first-order chi connectivity index (χ1) is 9.86. The Kier molecular flexibility index (Phi) is 3.28. The summed E-state index contributed by atoms with van der Waals surface area (Å²) in [6.45, 7) is 1.52. The molecule has 1 spiro atoms. The number of nitrogens with one attached hydrogen (secondary N) is 1. The lowest BCUT2D eigenvalue weighted by Crippen LogP contribution is -2.48. The number of aromatic amines is 1.